The van der Waals surface area contributed by atoms with Crippen molar-refractivity contribution in [1.82, 2.24) is 14.5 Å². The number of carboxylic acid groups (broad SMARTS) is 1. The number of carbonyl (C=O) groups is 2. The van der Waals surface area contributed by atoms with Gasteiger partial charge in [-0.15, -0.1) is 11.3 Å². The van der Waals surface area contributed by atoms with E-state index in [4.69, 9.17) is 5.11 Å². The number of amides is 1. The molecule has 2 N–H and O–H groups in total. The minimum Gasteiger partial charge on any atom is -0.476 e. The number of hydrogen-bond acceptors (Lipinski definition) is 5. The minimum absolute atomic E-state index is 0.0361. The van der Waals surface area contributed by atoms with Crippen LogP contribution in [0.4, 0.5) is 5.13 Å². The number of carbonyl (C=O) groups excluding carboxylic acids is 1. The highest BCUT2D eigenvalue weighted by molar-refractivity contribution is 7.13. The van der Waals surface area contributed by atoms with Gasteiger partial charge in [-0.2, -0.15) is 0 Å². The Hall–Kier alpha value is -3.00. The number of nitrogens with one attached hydrogen (secondary N) is 1. The number of rotatable bonds is 4. The van der Waals surface area contributed by atoms with Crippen molar-refractivity contribution >= 4 is 28.3 Å². The van der Waals surface area contributed by atoms with E-state index in [0.29, 0.717) is 16.4 Å². The summed E-state index contributed by atoms with van der Waals surface area (Å²) in [6, 6.07) is 6.75. The summed E-state index contributed by atoms with van der Waals surface area (Å²) in [6.45, 7) is 1.86. The zero-order chi connectivity index (χ0) is 16.4. The van der Waals surface area contributed by atoms with Crippen LogP contribution in [0, 0.1) is 6.92 Å². The van der Waals surface area contributed by atoms with Crippen molar-refractivity contribution in [1.29, 1.82) is 0 Å². The van der Waals surface area contributed by atoms with E-state index in [2.05, 4.69) is 15.3 Å². The van der Waals surface area contributed by atoms with Crippen LogP contribution in [0.2, 0.25) is 0 Å². The highest BCUT2D eigenvalue weighted by atomic mass is 32.1. The maximum Gasteiger partial charge on any atom is 0.356 e. The Labute approximate surface area is 135 Å². The van der Waals surface area contributed by atoms with Crippen LogP contribution in [0.5, 0.6) is 0 Å². The van der Waals surface area contributed by atoms with Gasteiger partial charge in [0.2, 0.25) is 0 Å². The third-order valence-corrected chi connectivity index (χ3v) is 3.94. The fraction of sp³-hybridized carbons (Fsp3) is 0.0667. The first-order chi connectivity index (χ1) is 11.0. The van der Waals surface area contributed by atoms with E-state index in [9.17, 15) is 9.59 Å². The minimum atomic E-state index is -1.08. The molecule has 0 fully saturated rings. The van der Waals surface area contributed by atoms with Crippen molar-refractivity contribution in [3.05, 3.63) is 59.1 Å². The molecule has 1 amide bonds. The lowest BCUT2D eigenvalue weighted by Crippen LogP contribution is -2.11. The van der Waals surface area contributed by atoms with Crippen molar-refractivity contribution in [2.45, 2.75) is 6.92 Å². The number of imidazole rings is 1. The first-order valence-electron chi connectivity index (χ1n) is 6.64. The molecule has 116 valence electrons. The number of aromatic carboxylic acids is 1. The molecule has 0 aliphatic heterocycles. The molecular weight excluding hydrogens is 316 g/mol. The molecule has 23 heavy (non-hydrogen) atoms. The summed E-state index contributed by atoms with van der Waals surface area (Å²) in [6.07, 6.45) is 2.83. The molecule has 1 aromatic carbocycles. The Morgan fingerprint density at radius 3 is 2.57 bits per heavy atom. The number of carboxylic acids is 1. The molecule has 3 aromatic rings. The summed E-state index contributed by atoms with van der Waals surface area (Å²) in [7, 11) is 0. The predicted molar refractivity (Wildman–Crippen MR) is 85.3 cm³/mol. The Morgan fingerprint density at radius 2 is 2.00 bits per heavy atom. The molecule has 2 aromatic heterocycles. The van der Waals surface area contributed by atoms with Crippen LogP contribution in [-0.2, 0) is 0 Å². The molecule has 0 bridgehead atoms. The molecule has 8 heteroatoms. The van der Waals surface area contributed by atoms with Gasteiger partial charge in [0.05, 0.1) is 5.69 Å². The summed E-state index contributed by atoms with van der Waals surface area (Å²) < 4.78 is 1.58. The molecule has 0 saturated carbocycles. The Kier molecular flexibility index (Phi) is 3.90. The fourth-order valence-electron chi connectivity index (χ4n) is 1.94. The highest BCUT2D eigenvalue weighted by Gasteiger charge is 2.10. The quantitative estimate of drug-likeness (QED) is 0.767. The highest BCUT2D eigenvalue weighted by Crippen LogP contribution is 2.16. The van der Waals surface area contributed by atoms with Crippen LogP contribution in [0.1, 0.15) is 26.5 Å². The van der Waals surface area contributed by atoms with Gasteiger partial charge in [-0.1, -0.05) is 0 Å². The summed E-state index contributed by atoms with van der Waals surface area (Å²) in [4.78, 5) is 30.9. The van der Waals surface area contributed by atoms with E-state index < -0.39 is 5.97 Å². The number of benzene rings is 1. The van der Waals surface area contributed by atoms with E-state index in [1.165, 1.54) is 23.9 Å². The van der Waals surface area contributed by atoms with Gasteiger partial charge >= 0.3 is 5.97 Å². The number of aromatic nitrogens is 3. The van der Waals surface area contributed by atoms with Crippen molar-refractivity contribution in [3.63, 3.8) is 0 Å². The van der Waals surface area contributed by atoms with Crippen LogP contribution in [0.15, 0.2) is 42.2 Å². The SMILES string of the molecule is Cc1csc(NC(=O)c2ccc(-n3cnc(C(=O)O)c3)cc2)n1. The molecule has 0 unspecified atom stereocenters. The van der Waals surface area contributed by atoms with Crippen LogP contribution in [0.3, 0.4) is 0 Å². The topological polar surface area (TPSA) is 97.1 Å². The van der Waals surface area contributed by atoms with Gasteiger partial charge in [0, 0.05) is 22.8 Å². The average molecular weight is 328 g/mol. The Balaban J connectivity index is 1.75. The van der Waals surface area contributed by atoms with E-state index in [1.807, 2.05) is 12.3 Å². The number of anilines is 1. The van der Waals surface area contributed by atoms with Gasteiger partial charge < -0.3 is 9.67 Å². The molecule has 3 rings (SSSR count). The van der Waals surface area contributed by atoms with Crippen LogP contribution in [-0.4, -0.2) is 31.5 Å². The zero-order valence-corrected chi connectivity index (χ0v) is 12.9. The first kappa shape index (κ1) is 14.9. The van der Waals surface area contributed by atoms with Crippen molar-refractivity contribution in [3.8, 4) is 5.69 Å². The van der Waals surface area contributed by atoms with E-state index in [-0.39, 0.29) is 11.6 Å². The number of aryl methyl sites for hydroxylation is 1. The molecular formula is C15H12N4O3S. The van der Waals surface area contributed by atoms with Crippen molar-refractivity contribution < 1.29 is 14.7 Å². The molecule has 0 aliphatic carbocycles. The molecule has 0 radical (unpaired) electrons. The zero-order valence-electron chi connectivity index (χ0n) is 12.1. The number of hydrogen-bond donors (Lipinski definition) is 2. The van der Waals surface area contributed by atoms with Gasteiger partial charge in [0.15, 0.2) is 10.8 Å². The molecule has 0 saturated heterocycles. The van der Waals surface area contributed by atoms with Crippen molar-refractivity contribution in [2.75, 3.05) is 5.32 Å². The van der Waals surface area contributed by atoms with Crippen LogP contribution in [0.25, 0.3) is 5.69 Å². The number of thiazole rings is 1. The second kappa shape index (κ2) is 6.01. The summed E-state index contributed by atoms with van der Waals surface area (Å²) in [5, 5.41) is 14.0. The normalized spacial score (nSPS) is 10.5. The molecule has 7 nitrogen and oxygen atoms in total. The fourth-order valence-corrected chi connectivity index (χ4v) is 2.62. The van der Waals surface area contributed by atoms with E-state index in [0.717, 1.165) is 5.69 Å². The maximum atomic E-state index is 12.1. The lowest BCUT2D eigenvalue weighted by molar-refractivity contribution is 0.0691. The third-order valence-electron chi connectivity index (χ3n) is 3.07. The van der Waals surface area contributed by atoms with Gasteiger partial charge in [-0.05, 0) is 31.2 Å². The lowest BCUT2D eigenvalue weighted by Gasteiger charge is -2.04. The monoisotopic (exact) mass is 328 g/mol. The van der Waals surface area contributed by atoms with Crippen LogP contribution >= 0.6 is 11.3 Å². The predicted octanol–water partition coefficient (Wildman–Crippen LogP) is 2.59. The van der Waals surface area contributed by atoms with E-state index in [1.54, 1.807) is 28.8 Å². The second-order valence-corrected chi connectivity index (χ2v) is 5.62. The van der Waals surface area contributed by atoms with Crippen LogP contribution < -0.4 is 5.32 Å². The van der Waals surface area contributed by atoms with Gasteiger partial charge in [0.1, 0.15) is 6.33 Å². The average Bonchev–Trinajstić information content (AvgIpc) is 3.17. The van der Waals surface area contributed by atoms with Crippen molar-refractivity contribution in [2.24, 2.45) is 0 Å². The first-order valence-corrected chi connectivity index (χ1v) is 7.52. The standard InChI is InChI=1S/C15H12N4O3S/c1-9-7-23-15(17-9)18-13(20)10-2-4-11(5-3-10)19-6-12(14(21)22)16-8-19/h2-8H,1H3,(H,21,22)(H,17,18,20). The second-order valence-electron chi connectivity index (χ2n) is 4.77. The Bertz CT molecular complexity index is 867. The summed E-state index contributed by atoms with van der Waals surface area (Å²) in [5.41, 5.74) is 2.02. The third kappa shape index (κ3) is 3.27. The van der Waals surface area contributed by atoms with E-state index >= 15 is 0 Å². The van der Waals surface area contributed by atoms with Gasteiger partial charge in [-0.25, -0.2) is 14.8 Å². The molecule has 0 atom stereocenters. The molecule has 0 aliphatic rings. The smallest absolute Gasteiger partial charge is 0.356 e. The summed E-state index contributed by atoms with van der Waals surface area (Å²) in [5.74, 6) is -1.33. The molecule has 2 heterocycles. The number of nitrogens with zero attached hydrogens (tertiary/aromatic N) is 3. The molecule has 0 spiro atoms. The maximum absolute atomic E-state index is 12.1. The Morgan fingerprint density at radius 1 is 1.26 bits per heavy atom. The lowest BCUT2D eigenvalue weighted by atomic mass is 10.2. The van der Waals surface area contributed by atoms with Gasteiger partial charge in [-0.3, -0.25) is 10.1 Å². The summed E-state index contributed by atoms with van der Waals surface area (Å²) >= 11 is 1.37. The largest absolute Gasteiger partial charge is 0.476 e. The van der Waals surface area contributed by atoms with Gasteiger partial charge in [0.25, 0.3) is 5.91 Å².